The maximum atomic E-state index is 12.9. The first-order chi connectivity index (χ1) is 14.2. The molecule has 1 saturated heterocycles. The number of benzene rings is 2. The number of ether oxygens (including phenoxy) is 1. The van der Waals surface area contributed by atoms with Crippen LogP contribution in [-0.2, 0) is 12.8 Å². The molecule has 2 heterocycles. The molecule has 0 bridgehead atoms. The van der Waals surface area contributed by atoms with Crippen LogP contribution in [-0.4, -0.2) is 36.0 Å². The number of likely N-dealkylation sites (tertiary alicyclic amines) is 1. The minimum Gasteiger partial charge on any atom is -0.497 e. The highest BCUT2D eigenvalue weighted by Gasteiger charge is 2.25. The Balaban J connectivity index is 1.31. The number of piperidine rings is 1. The van der Waals surface area contributed by atoms with Gasteiger partial charge < -0.3 is 9.64 Å². The Hall–Kier alpha value is -2.66. The molecule has 0 atom stereocenters. The third-order valence-corrected chi connectivity index (χ3v) is 6.40. The van der Waals surface area contributed by atoms with Crippen LogP contribution in [0.3, 0.4) is 0 Å². The molecule has 1 aromatic heterocycles. The van der Waals surface area contributed by atoms with E-state index >= 15 is 0 Å². The van der Waals surface area contributed by atoms with Crippen LogP contribution in [0.25, 0.3) is 0 Å². The van der Waals surface area contributed by atoms with Gasteiger partial charge in [0.1, 0.15) is 11.4 Å². The number of amides is 1. The number of rotatable bonds is 6. The van der Waals surface area contributed by atoms with Crippen molar-refractivity contribution in [2.24, 2.45) is 5.92 Å². The average Bonchev–Trinajstić information content (AvgIpc) is 3.23. The Morgan fingerprint density at radius 3 is 2.48 bits per heavy atom. The Kier molecular flexibility index (Phi) is 6.25. The second-order valence-electron chi connectivity index (χ2n) is 7.58. The molecule has 0 radical (unpaired) electrons. The molecule has 150 valence electrons. The molecule has 2 aromatic carbocycles. The normalized spacial score (nSPS) is 14.7. The van der Waals surface area contributed by atoms with E-state index in [2.05, 4.69) is 35.3 Å². The molecule has 1 amide bonds. The minimum atomic E-state index is 0.0698. The summed E-state index contributed by atoms with van der Waals surface area (Å²) in [6.07, 6.45) is 3.96. The number of thiazole rings is 1. The first-order valence-electron chi connectivity index (χ1n) is 10.1. The molecule has 0 unspecified atom stereocenters. The lowest BCUT2D eigenvalue weighted by atomic mass is 9.90. The third kappa shape index (κ3) is 5.04. The van der Waals surface area contributed by atoms with Gasteiger partial charge in [-0.1, -0.05) is 42.5 Å². The molecule has 29 heavy (non-hydrogen) atoms. The highest BCUT2D eigenvalue weighted by molar-refractivity contribution is 7.09. The van der Waals surface area contributed by atoms with E-state index < -0.39 is 0 Å². The van der Waals surface area contributed by atoms with Gasteiger partial charge in [0.15, 0.2) is 0 Å². The largest absolute Gasteiger partial charge is 0.497 e. The summed E-state index contributed by atoms with van der Waals surface area (Å²) in [5.74, 6) is 1.57. The first kappa shape index (κ1) is 19.6. The van der Waals surface area contributed by atoms with Gasteiger partial charge in [-0.05, 0) is 48.4 Å². The third-order valence-electron chi connectivity index (χ3n) is 5.55. The lowest BCUT2D eigenvalue weighted by Crippen LogP contribution is -2.39. The summed E-state index contributed by atoms with van der Waals surface area (Å²) in [6, 6.07) is 18.6. The van der Waals surface area contributed by atoms with Crippen molar-refractivity contribution < 1.29 is 9.53 Å². The molecule has 0 saturated carbocycles. The lowest BCUT2D eigenvalue weighted by Gasteiger charge is -2.31. The quantitative estimate of drug-likeness (QED) is 0.588. The second kappa shape index (κ2) is 9.23. The van der Waals surface area contributed by atoms with Crippen LogP contribution in [0.15, 0.2) is 60.0 Å². The van der Waals surface area contributed by atoms with Crippen LogP contribution in [0.1, 0.15) is 39.5 Å². The predicted octanol–water partition coefficient (Wildman–Crippen LogP) is 4.84. The van der Waals surface area contributed by atoms with Crippen LogP contribution in [0.4, 0.5) is 0 Å². The number of carbonyl (C=O) groups excluding carboxylic acids is 1. The fourth-order valence-electron chi connectivity index (χ4n) is 3.86. The molecular formula is C24H26N2O2S. The van der Waals surface area contributed by atoms with E-state index in [1.54, 1.807) is 18.4 Å². The van der Waals surface area contributed by atoms with Crippen molar-refractivity contribution in [3.8, 4) is 5.75 Å². The monoisotopic (exact) mass is 406 g/mol. The van der Waals surface area contributed by atoms with E-state index in [1.807, 2.05) is 34.5 Å². The van der Waals surface area contributed by atoms with Gasteiger partial charge in [-0.25, -0.2) is 4.98 Å². The number of hydrogen-bond acceptors (Lipinski definition) is 4. The summed E-state index contributed by atoms with van der Waals surface area (Å²) >= 11 is 1.56. The van der Waals surface area contributed by atoms with Gasteiger partial charge in [0.25, 0.3) is 5.91 Å². The Morgan fingerprint density at radius 2 is 1.79 bits per heavy atom. The summed E-state index contributed by atoms with van der Waals surface area (Å²) in [7, 11) is 1.66. The average molecular weight is 407 g/mol. The highest BCUT2D eigenvalue weighted by Crippen LogP contribution is 2.24. The number of hydrogen-bond donors (Lipinski definition) is 0. The predicted molar refractivity (Wildman–Crippen MR) is 117 cm³/mol. The van der Waals surface area contributed by atoms with E-state index in [0.29, 0.717) is 11.6 Å². The van der Waals surface area contributed by atoms with Gasteiger partial charge in [0.05, 0.1) is 12.1 Å². The van der Waals surface area contributed by atoms with Crippen molar-refractivity contribution >= 4 is 17.2 Å². The van der Waals surface area contributed by atoms with E-state index in [-0.39, 0.29) is 5.91 Å². The zero-order chi connectivity index (χ0) is 20.1. The van der Waals surface area contributed by atoms with Crippen molar-refractivity contribution in [2.75, 3.05) is 20.2 Å². The molecule has 0 aliphatic carbocycles. The van der Waals surface area contributed by atoms with E-state index in [9.17, 15) is 4.79 Å². The fourth-order valence-corrected chi connectivity index (χ4v) is 4.66. The summed E-state index contributed by atoms with van der Waals surface area (Å²) < 4.78 is 5.20. The zero-order valence-corrected chi connectivity index (χ0v) is 17.5. The Morgan fingerprint density at radius 1 is 1.07 bits per heavy atom. The molecule has 0 N–H and O–H groups in total. The molecule has 1 fully saturated rings. The summed E-state index contributed by atoms with van der Waals surface area (Å²) in [4.78, 5) is 19.4. The zero-order valence-electron chi connectivity index (χ0n) is 16.7. The maximum Gasteiger partial charge on any atom is 0.273 e. The molecule has 4 nitrogen and oxygen atoms in total. The Bertz CT molecular complexity index is 929. The van der Waals surface area contributed by atoms with Crippen molar-refractivity contribution in [1.82, 2.24) is 9.88 Å². The SMILES string of the molecule is COc1ccc(Cc2nc(C(=O)N3CCC(Cc4ccccc4)CC3)cs2)cc1. The van der Waals surface area contributed by atoms with Crippen molar-refractivity contribution in [1.29, 1.82) is 0 Å². The van der Waals surface area contributed by atoms with Crippen molar-refractivity contribution in [2.45, 2.75) is 25.7 Å². The van der Waals surface area contributed by atoms with Crippen molar-refractivity contribution in [3.63, 3.8) is 0 Å². The molecule has 5 heteroatoms. The number of aromatic nitrogens is 1. The van der Waals surface area contributed by atoms with Crippen molar-refractivity contribution in [3.05, 3.63) is 81.8 Å². The summed E-state index contributed by atoms with van der Waals surface area (Å²) in [5.41, 5.74) is 3.14. The molecule has 4 rings (SSSR count). The van der Waals surface area contributed by atoms with Gasteiger partial charge in [0, 0.05) is 24.9 Å². The molecular weight excluding hydrogens is 380 g/mol. The number of carbonyl (C=O) groups is 1. The van der Waals surface area contributed by atoms with Gasteiger partial charge in [-0.3, -0.25) is 4.79 Å². The van der Waals surface area contributed by atoms with Crippen LogP contribution in [0, 0.1) is 5.92 Å². The van der Waals surface area contributed by atoms with Crippen LogP contribution < -0.4 is 4.74 Å². The van der Waals surface area contributed by atoms with E-state index in [1.165, 1.54) is 11.1 Å². The van der Waals surface area contributed by atoms with Gasteiger partial charge in [0.2, 0.25) is 0 Å². The first-order valence-corrected chi connectivity index (χ1v) is 11.0. The Labute approximate surface area is 176 Å². The smallest absolute Gasteiger partial charge is 0.273 e. The molecule has 3 aromatic rings. The standard InChI is InChI=1S/C24H26N2O2S/c1-28-21-9-7-19(8-10-21)16-23-25-22(17-29-23)24(27)26-13-11-20(12-14-26)15-18-5-3-2-4-6-18/h2-10,17,20H,11-16H2,1H3. The van der Waals surface area contributed by atoms with Gasteiger partial charge in [-0.15, -0.1) is 11.3 Å². The highest BCUT2D eigenvalue weighted by atomic mass is 32.1. The summed E-state index contributed by atoms with van der Waals surface area (Å²) in [6.45, 7) is 1.64. The van der Waals surface area contributed by atoms with E-state index in [4.69, 9.17) is 4.74 Å². The minimum absolute atomic E-state index is 0.0698. The topological polar surface area (TPSA) is 42.4 Å². The molecule has 1 aliphatic rings. The van der Waals surface area contributed by atoms with Crippen LogP contribution in [0.2, 0.25) is 0 Å². The maximum absolute atomic E-state index is 12.9. The van der Waals surface area contributed by atoms with Crippen LogP contribution in [0.5, 0.6) is 5.75 Å². The van der Waals surface area contributed by atoms with Gasteiger partial charge >= 0.3 is 0 Å². The fraction of sp³-hybridized carbons (Fsp3) is 0.333. The van der Waals surface area contributed by atoms with Gasteiger partial charge in [-0.2, -0.15) is 0 Å². The summed E-state index contributed by atoms with van der Waals surface area (Å²) in [5, 5.41) is 2.87. The number of methoxy groups -OCH3 is 1. The van der Waals surface area contributed by atoms with Crippen LogP contribution >= 0.6 is 11.3 Å². The van der Waals surface area contributed by atoms with E-state index in [0.717, 1.165) is 49.5 Å². The molecule has 0 spiro atoms. The second-order valence-corrected chi connectivity index (χ2v) is 8.52. The molecule has 1 aliphatic heterocycles. The number of nitrogens with zero attached hydrogens (tertiary/aromatic N) is 2. The lowest BCUT2D eigenvalue weighted by molar-refractivity contribution is 0.0685.